The highest BCUT2D eigenvalue weighted by Crippen LogP contribution is 2.36. The van der Waals surface area contributed by atoms with Gasteiger partial charge in [0.05, 0.1) is 11.1 Å². The van der Waals surface area contributed by atoms with Crippen LogP contribution in [0.5, 0.6) is 0 Å². The van der Waals surface area contributed by atoms with Crippen LogP contribution in [0.25, 0.3) is 0 Å². The minimum absolute atomic E-state index is 0.177. The predicted molar refractivity (Wildman–Crippen MR) is 83.5 cm³/mol. The van der Waals surface area contributed by atoms with Crippen LogP contribution >= 0.6 is 0 Å². The lowest BCUT2D eigenvalue weighted by Gasteiger charge is -2.47. The molecule has 0 radical (unpaired) electrons. The van der Waals surface area contributed by atoms with Gasteiger partial charge >= 0.3 is 0 Å². The van der Waals surface area contributed by atoms with Crippen molar-refractivity contribution in [1.29, 1.82) is 0 Å². The first-order chi connectivity index (χ1) is 9.19. The number of hydrogen-bond donors (Lipinski definition) is 1. The second-order valence-electron chi connectivity index (χ2n) is 7.44. The van der Waals surface area contributed by atoms with E-state index in [9.17, 15) is 4.79 Å². The molecule has 0 aromatic rings. The van der Waals surface area contributed by atoms with E-state index in [2.05, 4.69) is 39.9 Å². The summed E-state index contributed by atoms with van der Waals surface area (Å²) in [6.07, 6.45) is 6.88. The van der Waals surface area contributed by atoms with Crippen LogP contribution in [0.15, 0.2) is 0 Å². The van der Waals surface area contributed by atoms with E-state index in [-0.39, 0.29) is 23.0 Å². The van der Waals surface area contributed by atoms with Crippen LogP contribution in [0.1, 0.15) is 79.6 Å². The van der Waals surface area contributed by atoms with Crippen LogP contribution in [-0.4, -0.2) is 33.3 Å². The van der Waals surface area contributed by atoms with Crippen molar-refractivity contribution >= 4 is 5.91 Å². The highest BCUT2D eigenvalue weighted by molar-refractivity contribution is 5.76. The molecule has 1 amide bonds. The van der Waals surface area contributed by atoms with Crippen molar-refractivity contribution in [3.8, 4) is 0 Å². The summed E-state index contributed by atoms with van der Waals surface area (Å²) in [4.78, 5) is 12.0. The fourth-order valence-electron chi connectivity index (χ4n) is 3.39. The van der Waals surface area contributed by atoms with Crippen LogP contribution < -0.4 is 5.32 Å². The molecule has 1 heterocycles. The van der Waals surface area contributed by atoms with E-state index in [1.165, 1.54) is 12.8 Å². The summed E-state index contributed by atoms with van der Waals surface area (Å²) < 4.78 is 0. The van der Waals surface area contributed by atoms with Gasteiger partial charge in [0, 0.05) is 12.5 Å². The number of amides is 1. The number of nitrogens with zero attached hydrogens (tertiary/aromatic N) is 1. The Labute approximate surface area is 123 Å². The number of piperidine rings is 1. The molecule has 4 heteroatoms. The molecule has 0 aliphatic carbocycles. The molecule has 118 valence electrons. The van der Waals surface area contributed by atoms with Crippen molar-refractivity contribution < 1.29 is 10.0 Å². The van der Waals surface area contributed by atoms with Crippen LogP contribution in [0.3, 0.4) is 0 Å². The zero-order valence-electron chi connectivity index (χ0n) is 13.9. The molecule has 0 aromatic heterocycles. The van der Waals surface area contributed by atoms with Gasteiger partial charge in [-0.2, -0.15) is 0 Å². The smallest absolute Gasteiger partial charge is 0.220 e. The van der Waals surface area contributed by atoms with Crippen LogP contribution in [0.2, 0.25) is 0 Å². The second kappa shape index (κ2) is 6.90. The molecule has 4 nitrogen and oxygen atoms in total. The Balaban J connectivity index is 2.46. The number of hydroxylamine groups is 2. The van der Waals surface area contributed by atoms with Gasteiger partial charge in [-0.1, -0.05) is 31.2 Å². The largest absolute Gasteiger partial charge is 0.353 e. The van der Waals surface area contributed by atoms with Gasteiger partial charge in [-0.15, -0.1) is 0 Å². The molecule has 1 rings (SSSR count). The molecule has 0 unspecified atom stereocenters. The standard InChI is InChI=1S/C16H32N2O2/c1-6-7-8-9-10-14(19)17-13-11-15(2,3)18(20)16(4,5)12-13/h13,20H,6-12H2,1-5H3,(H,17,19)/p+1. The molecule has 0 bridgehead atoms. The van der Waals surface area contributed by atoms with Gasteiger partial charge in [-0.05, 0) is 47.0 Å². The van der Waals surface area contributed by atoms with E-state index in [0.717, 1.165) is 25.7 Å². The molecule has 20 heavy (non-hydrogen) atoms. The maximum atomic E-state index is 12.0. The lowest BCUT2D eigenvalue weighted by atomic mass is 9.79. The van der Waals surface area contributed by atoms with Crippen LogP contribution in [-0.2, 0) is 4.79 Å². The molecular weight excluding hydrogens is 252 g/mol. The number of nitrogens with one attached hydrogen (secondary N) is 1. The lowest BCUT2D eigenvalue weighted by molar-refractivity contribution is -0.246. The van der Waals surface area contributed by atoms with E-state index in [1.807, 2.05) is 0 Å². The van der Waals surface area contributed by atoms with E-state index in [4.69, 9.17) is 5.21 Å². The summed E-state index contributed by atoms with van der Waals surface area (Å²) in [6, 6.07) is 0.195. The maximum absolute atomic E-state index is 12.0. The van der Waals surface area contributed by atoms with Crippen molar-refractivity contribution in [3.63, 3.8) is 0 Å². The van der Waals surface area contributed by atoms with Gasteiger partial charge in [0.15, 0.2) is 0 Å². The molecule has 0 aromatic carbocycles. The third-order valence-electron chi connectivity index (χ3n) is 4.33. The average molecular weight is 285 g/mol. The van der Waals surface area contributed by atoms with E-state index >= 15 is 0 Å². The first-order valence-corrected chi connectivity index (χ1v) is 8.00. The van der Waals surface area contributed by atoms with Gasteiger partial charge in [-0.3, -0.25) is 4.79 Å². The van der Waals surface area contributed by atoms with E-state index < -0.39 is 0 Å². The number of carbonyl (C=O) groups excluding carboxylic acids is 1. The zero-order valence-corrected chi connectivity index (χ0v) is 13.9. The highest BCUT2D eigenvalue weighted by Gasteiger charge is 2.48. The maximum Gasteiger partial charge on any atom is 0.220 e. The summed E-state index contributed by atoms with van der Waals surface area (Å²) in [6.45, 7) is 10.5. The number of carbonyl (C=O) groups is 1. The molecule has 3 N–H and O–H groups in total. The third-order valence-corrected chi connectivity index (χ3v) is 4.33. The van der Waals surface area contributed by atoms with Crippen molar-refractivity contribution in [2.75, 3.05) is 0 Å². The fraction of sp³-hybridized carbons (Fsp3) is 0.938. The Morgan fingerprint density at radius 2 is 1.70 bits per heavy atom. The Kier molecular flexibility index (Phi) is 6.02. The SMILES string of the molecule is CCCCCCC(=O)NC1CC(C)(C)N([OH2+])C(C)(C)C1. The first kappa shape index (κ1) is 17.4. The predicted octanol–water partition coefficient (Wildman–Crippen LogP) is 2.73. The quantitative estimate of drug-likeness (QED) is 0.602. The van der Waals surface area contributed by atoms with Gasteiger partial charge in [0.2, 0.25) is 5.91 Å². The Hall–Kier alpha value is -0.610. The second-order valence-corrected chi connectivity index (χ2v) is 7.44. The minimum Gasteiger partial charge on any atom is -0.353 e. The number of unbranched alkanes of at least 4 members (excludes halogenated alkanes) is 3. The number of rotatable bonds is 6. The van der Waals surface area contributed by atoms with E-state index in [0.29, 0.717) is 6.42 Å². The van der Waals surface area contributed by atoms with Crippen molar-refractivity contribution in [1.82, 2.24) is 10.4 Å². The Bertz CT molecular complexity index is 308. The van der Waals surface area contributed by atoms with Crippen molar-refractivity contribution in [2.45, 2.75) is 96.7 Å². The van der Waals surface area contributed by atoms with Gasteiger partial charge in [-0.25, -0.2) is 0 Å². The average Bonchev–Trinajstić information content (AvgIpc) is 2.31. The molecule has 1 fully saturated rings. The van der Waals surface area contributed by atoms with Gasteiger partial charge < -0.3 is 10.5 Å². The number of hydrogen-bond acceptors (Lipinski definition) is 2. The summed E-state index contributed by atoms with van der Waals surface area (Å²) >= 11 is 0. The van der Waals surface area contributed by atoms with Gasteiger partial charge in [0.25, 0.3) is 0 Å². The van der Waals surface area contributed by atoms with E-state index in [1.54, 1.807) is 5.06 Å². The summed E-state index contributed by atoms with van der Waals surface area (Å²) in [5, 5.41) is 13.1. The van der Waals surface area contributed by atoms with Crippen molar-refractivity contribution in [3.05, 3.63) is 0 Å². The molecule has 1 aliphatic rings. The summed E-state index contributed by atoms with van der Waals surface area (Å²) in [5.74, 6) is 0.177. The molecule has 0 spiro atoms. The lowest BCUT2D eigenvalue weighted by Crippen LogP contribution is -2.62. The summed E-state index contributed by atoms with van der Waals surface area (Å²) in [5.41, 5.74) is -0.385. The fourth-order valence-corrected chi connectivity index (χ4v) is 3.39. The first-order valence-electron chi connectivity index (χ1n) is 8.00. The topological polar surface area (TPSA) is 55.2 Å². The van der Waals surface area contributed by atoms with Crippen LogP contribution in [0, 0.1) is 0 Å². The van der Waals surface area contributed by atoms with Gasteiger partial charge in [0.1, 0.15) is 0 Å². The summed E-state index contributed by atoms with van der Waals surface area (Å²) in [7, 11) is 0. The molecule has 1 saturated heterocycles. The van der Waals surface area contributed by atoms with Crippen LogP contribution in [0.4, 0.5) is 0 Å². The molecule has 0 atom stereocenters. The molecular formula is C16H33N2O2+. The highest BCUT2D eigenvalue weighted by atomic mass is 16.5. The Morgan fingerprint density at radius 3 is 2.20 bits per heavy atom. The minimum atomic E-state index is -0.193. The van der Waals surface area contributed by atoms with Crippen molar-refractivity contribution in [2.24, 2.45) is 0 Å². The Morgan fingerprint density at radius 1 is 1.15 bits per heavy atom. The molecule has 0 saturated carbocycles. The third kappa shape index (κ3) is 4.74. The normalized spacial score (nSPS) is 22.7. The zero-order chi connectivity index (χ0) is 15.4. The molecule has 1 aliphatic heterocycles. The monoisotopic (exact) mass is 285 g/mol.